The molecule has 1 unspecified atom stereocenters. The fraction of sp³-hybridized carbons (Fsp3) is 0.625. The third-order valence-electron chi connectivity index (χ3n) is 3.08. The summed E-state index contributed by atoms with van der Waals surface area (Å²) >= 11 is 3.58. The van der Waals surface area contributed by atoms with Crippen LogP contribution in [0.15, 0.2) is 16.6 Å². The van der Waals surface area contributed by atoms with E-state index in [9.17, 15) is 0 Å². The minimum Gasteiger partial charge on any atom is -0.489 e. The fourth-order valence-electron chi connectivity index (χ4n) is 1.94. The summed E-state index contributed by atoms with van der Waals surface area (Å²) in [6.45, 7) is 12.7. The van der Waals surface area contributed by atoms with Gasteiger partial charge in [0.05, 0.1) is 0 Å². The van der Waals surface area contributed by atoms with E-state index in [0.29, 0.717) is 0 Å². The Balaban J connectivity index is 2.42. The van der Waals surface area contributed by atoms with Crippen LogP contribution in [-0.4, -0.2) is 19.2 Å². The van der Waals surface area contributed by atoms with E-state index >= 15 is 0 Å². The molecule has 0 aliphatic rings. The quantitative estimate of drug-likeness (QED) is 0.746. The molecule has 0 aromatic heterocycles. The zero-order chi connectivity index (χ0) is 14.4. The van der Waals surface area contributed by atoms with Crippen LogP contribution in [0.2, 0.25) is 0 Å². The van der Waals surface area contributed by atoms with Crippen LogP contribution >= 0.6 is 15.9 Å². The lowest BCUT2D eigenvalue weighted by Crippen LogP contribution is -2.30. The summed E-state index contributed by atoms with van der Waals surface area (Å²) in [7, 11) is 0. The first-order valence-corrected chi connectivity index (χ1v) is 7.83. The first-order chi connectivity index (χ1) is 8.90. The molecule has 0 heterocycles. The van der Waals surface area contributed by atoms with Crippen LogP contribution in [0.5, 0.6) is 5.75 Å². The number of rotatable bonds is 7. The molecule has 0 radical (unpaired) electrons. The molecule has 1 aromatic rings. The molecule has 1 N–H and O–H groups in total. The maximum atomic E-state index is 5.95. The molecule has 108 valence electrons. The Bertz CT molecular complexity index is 381. The summed E-state index contributed by atoms with van der Waals surface area (Å²) in [5, 5.41) is 3.44. The van der Waals surface area contributed by atoms with Crippen molar-refractivity contribution < 1.29 is 4.74 Å². The normalized spacial score (nSPS) is 12.8. The van der Waals surface area contributed by atoms with Crippen molar-refractivity contribution in [2.24, 2.45) is 5.92 Å². The third kappa shape index (κ3) is 5.96. The first kappa shape index (κ1) is 16.5. The fourth-order valence-corrected chi connectivity index (χ4v) is 2.17. The van der Waals surface area contributed by atoms with E-state index < -0.39 is 0 Å². The Morgan fingerprint density at radius 1 is 1.16 bits per heavy atom. The zero-order valence-corrected chi connectivity index (χ0v) is 14.3. The summed E-state index contributed by atoms with van der Waals surface area (Å²) in [4.78, 5) is 0. The van der Waals surface area contributed by atoms with Gasteiger partial charge < -0.3 is 10.1 Å². The minimum atomic E-state index is 0.187. The van der Waals surface area contributed by atoms with Gasteiger partial charge in [0.15, 0.2) is 0 Å². The number of hydrogen-bond acceptors (Lipinski definition) is 2. The molecule has 0 saturated carbocycles. The topological polar surface area (TPSA) is 21.3 Å². The van der Waals surface area contributed by atoms with Gasteiger partial charge in [-0.1, -0.05) is 29.8 Å². The number of nitrogens with one attached hydrogen (secondary N) is 1. The highest BCUT2D eigenvalue weighted by Crippen LogP contribution is 2.26. The van der Waals surface area contributed by atoms with Crippen molar-refractivity contribution in [3.8, 4) is 5.75 Å². The van der Waals surface area contributed by atoms with Crippen molar-refractivity contribution in [1.29, 1.82) is 0 Å². The monoisotopic (exact) mass is 327 g/mol. The molecule has 0 aliphatic heterocycles. The molecule has 3 heteroatoms. The largest absolute Gasteiger partial charge is 0.489 e. The highest BCUT2D eigenvalue weighted by molar-refractivity contribution is 9.10. The molecule has 0 aliphatic carbocycles. The molecular weight excluding hydrogens is 302 g/mol. The zero-order valence-electron chi connectivity index (χ0n) is 12.7. The lowest BCUT2D eigenvalue weighted by Gasteiger charge is -2.17. The van der Waals surface area contributed by atoms with E-state index in [2.05, 4.69) is 68.0 Å². The van der Waals surface area contributed by atoms with Gasteiger partial charge in [-0.3, -0.25) is 0 Å². The smallest absolute Gasteiger partial charge is 0.120 e. The van der Waals surface area contributed by atoms with Crippen LogP contribution < -0.4 is 10.1 Å². The highest BCUT2D eigenvalue weighted by Gasteiger charge is 2.07. The molecule has 0 spiro atoms. The van der Waals surface area contributed by atoms with E-state index in [-0.39, 0.29) is 6.10 Å². The predicted molar refractivity (Wildman–Crippen MR) is 86.0 cm³/mol. The molecule has 0 fully saturated rings. The summed E-state index contributed by atoms with van der Waals surface area (Å²) in [5.74, 6) is 1.71. The van der Waals surface area contributed by atoms with E-state index in [1.54, 1.807) is 0 Å². The molecule has 0 saturated heterocycles. The maximum absolute atomic E-state index is 5.95. The average Bonchev–Trinajstić information content (AvgIpc) is 2.31. The van der Waals surface area contributed by atoms with Gasteiger partial charge in [-0.25, -0.2) is 0 Å². The van der Waals surface area contributed by atoms with Gasteiger partial charge in [-0.15, -0.1) is 0 Å². The molecule has 1 atom stereocenters. The van der Waals surface area contributed by atoms with Crippen molar-refractivity contribution >= 4 is 15.9 Å². The van der Waals surface area contributed by atoms with Gasteiger partial charge in [0.2, 0.25) is 0 Å². The maximum Gasteiger partial charge on any atom is 0.120 e. The SMILES string of the molecule is Cc1cc(OC(C)CNCCC(C)C)cc(C)c1Br. The number of aryl methyl sites for hydroxylation is 2. The molecule has 0 bridgehead atoms. The Hall–Kier alpha value is -0.540. The van der Waals surface area contributed by atoms with Crippen LogP contribution in [0.4, 0.5) is 0 Å². The highest BCUT2D eigenvalue weighted by atomic mass is 79.9. The van der Waals surface area contributed by atoms with Gasteiger partial charge in [0.25, 0.3) is 0 Å². The van der Waals surface area contributed by atoms with E-state index in [1.807, 2.05) is 0 Å². The van der Waals surface area contributed by atoms with Crippen LogP contribution in [0.3, 0.4) is 0 Å². The van der Waals surface area contributed by atoms with Crippen molar-refractivity contribution in [2.75, 3.05) is 13.1 Å². The minimum absolute atomic E-state index is 0.187. The van der Waals surface area contributed by atoms with Crippen molar-refractivity contribution in [3.63, 3.8) is 0 Å². The molecule has 0 amide bonds. The summed E-state index contributed by atoms with van der Waals surface area (Å²) in [6, 6.07) is 4.17. The van der Waals surface area contributed by atoms with Gasteiger partial charge in [0.1, 0.15) is 11.9 Å². The van der Waals surface area contributed by atoms with Crippen LogP contribution in [0.1, 0.15) is 38.3 Å². The second-order valence-electron chi connectivity index (χ2n) is 5.69. The summed E-state index contributed by atoms with van der Waals surface area (Å²) < 4.78 is 7.12. The van der Waals surface area contributed by atoms with Gasteiger partial charge in [0, 0.05) is 11.0 Å². The Labute approximate surface area is 126 Å². The number of hydrogen-bond donors (Lipinski definition) is 1. The molecule has 1 rings (SSSR count). The van der Waals surface area contributed by atoms with Crippen molar-refractivity contribution in [3.05, 3.63) is 27.7 Å². The van der Waals surface area contributed by atoms with E-state index in [4.69, 9.17) is 4.74 Å². The number of benzene rings is 1. The van der Waals surface area contributed by atoms with E-state index in [1.165, 1.54) is 22.0 Å². The van der Waals surface area contributed by atoms with Crippen LogP contribution in [0.25, 0.3) is 0 Å². The number of ether oxygens (including phenoxy) is 1. The Morgan fingerprint density at radius 2 is 1.74 bits per heavy atom. The molecule has 1 aromatic carbocycles. The lowest BCUT2D eigenvalue weighted by molar-refractivity contribution is 0.216. The molecular formula is C16H26BrNO. The molecule has 2 nitrogen and oxygen atoms in total. The average molecular weight is 328 g/mol. The third-order valence-corrected chi connectivity index (χ3v) is 4.33. The van der Waals surface area contributed by atoms with Crippen molar-refractivity contribution in [1.82, 2.24) is 5.32 Å². The van der Waals surface area contributed by atoms with Gasteiger partial charge in [-0.2, -0.15) is 0 Å². The van der Waals surface area contributed by atoms with Gasteiger partial charge >= 0.3 is 0 Å². The second-order valence-corrected chi connectivity index (χ2v) is 6.48. The van der Waals surface area contributed by atoms with E-state index in [0.717, 1.165) is 24.8 Å². The number of halogens is 1. The van der Waals surface area contributed by atoms with Crippen LogP contribution in [-0.2, 0) is 0 Å². The lowest BCUT2D eigenvalue weighted by atomic mass is 10.1. The Kier molecular flexibility index (Phi) is 6.87. The van der Waals surface area contributed by atoms with Crippen molar-refractivity contribution in [2.45, 2.75) is 47.1 Å². The second kappa shape index (κ2) is 7.91. The molecule has 19 heavy (non-hydrogen) atoms. The van der Waals surface area contributed by atoms with Crippen LogP contribution in [0, 0.1) is 19.8 Å². The van der Waals surface area contributed by atoms with Gasteiger partial charge in [-0.05, 0) is 62.9 Å². The Morgan fingerprint density at radius 3 is 2.26 bits per heavy atom. The summed E-state index contributed by atoms with van der Waals surface area (Å²) in [5.41, 5.74) is 2.44. The predicted octanol–water partition coefficient (Wildman–Crippen LogP) is 4.47. The first-order valence-electron chi connectivity index (χ1n) is 7.04. The standard InChI is InChI=1S/C16H26BrNO/c1-11(2)6-7-18-10-14(5)19-15-8-12(3)16(17)13(4)9-15/h8-9,11,14,18H,6-7,10H2,1-5H3. The summed E-state index contributed by atoms with van der Waals surface area (Å²) in [6.07, 6.45) is 1.40.